The van der Waals surface area contributed by atoms with E-state index in [1.54, 1.807) is 6.92 Å². The van der Waals surface area contributed by atoms with Gasteiger partial charge >= 0.3 is 0 Å². The zero-order chi connectivity index (χ0) is 17.3. The Morgan fingerprint density at radius 3 is 2.58 bits per heavy atom. The molecule has 0 N–H and O–H groups in total. The van der Waals surface area contributed by atoms with Gasteiger partial charge in [0.15, 0.2) is 0 Å². The zero-order valence-electron chi connectivity index (χ0n) is 12.8. The van der Waals surface area contributed by atoms with E-state index in [-0.39, 0.29) is 10.0 Å². The van der Waals surface area contributed by atoms with Crippen molar-refractivity contribution in [2.24, 2.45) is 0 Å². The van der Waals surface area contributed by atoms with Gasteiger partial charge in [0, 0.05) is 18.1 Å². The second-order valence-corrected chi connectivity index (χ2v) is 8.19. The predicted molar refractivity (Wildman–Crippen MR) is 101 cm³/mol. The molecule has 0 aliphatic carbocycles. The molecule has 4 nitrogen and oxygen atoms in total. The van der Waals surface area contributed by atoms with Gasteiger partial charge in [-0.15, -0.1) is 0 Å². The fourth-order valence-corrected chi connectivity index (χ4v) is 4.64. The van der Waals surface area contributed by atoms with Crippen molar-refractivity contribution in [3.05, 3.63) is 64.4 Å². The number of nitrogens with zero attached hydrogens (tertiary/aromatic N) is 2. The van der Waals surface area contributed by atoms with Crippen LogP contribution in [0.25, 0.3) is 10.8 Å². The Balaban J connectivity index is 2.18. The molecule has 2 aromatic carbocycles. The summed E-state index contributed by atoms with van der Waals surface area (Å²) in [7, 11) is -3.75. The number of benzene rings is 2. The van der Waals surface area contributed by atoms with Crippen LogP contribution in [0, 0.1) is 0 Å². The Morgan fingerprint density at radius 1 is 1.17 bits per heavy atom. The van der Waals surface area contributed by atoms with E-state index in [0.717, 1.165) is 10.8 Å². The van der Waals surface area contributed by atoms with Gasteiger partial charge in [-0.25, -0.2) is 13.4 Å². The minimum atomic E-state index is -3.75. The molecule has 3 aromatic rings. The SMILES string of the molecule is CCN(c1cccc2ccccc12)S(=O)(=O)c1cnc(Cl)c(Br)c1. The summed E-state index contributed by atoms with van der Waals surface area (Å²) in [4.78, 5) is 4.02. The summed E-state index contributed by atoms with van der Waals surface area (Å²) < 4.78 is 28.0. The summed E-state index contributed by atoms with van der Waals surface area (Å²) in [6.45, 7) is 2.11. The minimum Gasteiger partial charge on any atom is -0.266 e. The van der Waals surface area contributed by atoms with Crippen molar-refractivity contribution in [3.8, 4) is 0 Å². The number of anilines is 1. The fraction of sp³-hybridized carbons (Fsp3) is 0.118. The van der Waals surface area contributed by atoms with Crippen LogP contribution in [0.5, 0.6) is 0 Å². The first kappa shape index (κ1) is 17.2. The number of sulfonamides is 1. The molecular weight excluding hydrogens is 412 g/mol. The lowest BCUT2D eigenvalue weighted by molar-refractivity contribution is 0.591. The molecule has 0 aliphatic heterocycles. The molecule has 0 aliphatic rings. The Hall–Kier alpha value is -1.63. The molecular formula is C17H14BrClN2O2S. The van der Waals surface area contributed by atoms with E-state index in [2.05, 4.69) is 20.9 Å². The third-order valence-electron chi connectivity index (χ3n) is 3.68. The van der Waals surface area contributed by atoms with Crippen molar-refractivity contribution in [2.45, 2.75) is 11.8 Å². The van der Waals surface area contributed by atoms with E-state index < -0.39 is 10.0 Å². The summed E-state index contributed by atoms with van der Waals surface area (Å²) >= 11 is 9.10. The number of hydrogen-bond acceptors (Lipinski definition) is 3. The number of fused-ring (bicyclic) bond motifs is 1. The summed E-state index contributed by atoms with van der Waals surface area (Å²) in [5.74, 6) is 0. The second kappa shape index (κ2) is 6.70. The van der Waals surface area contributed by atoms with E-state index in [9.17, 15) is 8.42 Å². The molecule has 1 aromatic heterocycles. The summed E-state index contributed by atoms with van der Waals surface area (Å²) in [6.07, 6.45) is 1.27. The monoisotopic (exact) mass is 424 g/mol. The third-order valence-corrected chi connectivity index (χ3v) is 6.67. The average molecular weight is 426 g/mol. The lowest BCUT2D eigenvalue weighted by atomic mass is 10.1. The van der Waals surface area contributed by atoms with Crippen molar-refractivity contribution < 1.29 is 8.42 Å². The average Bonchev–Trinajstić information content (AvgIpc) is 2.58. The van der Waals surface area contributed by atoms with Gasteiger partial charge in [-0.1, -0.05) is 48.0 Å². The largest absolute Gasteiger partial charge is 0.266 e. The first-order valence-electron chi connectivity index (χ1n) is 7.26. The number of hydrogen-bond donors (Lipinski definition) is 0. The lowest BCUT2D eigenvalue weighted by Crippen LogP contribution is -2.31. The lowest BCUT2D eigenvalue weighted by Gasteiger charge is -2.24. The van der Waals surface area contributed by atoms with Gasteiger partial charge in [-0.05, 0) is 40.4 Å². The van der Waals surface area contributed by atoms with Gasteiger partial charge in [0.2, 0.25) is 0 Å². The minimum absolute atomic E-state index is 0.0913. The van der Waals surface area contributed by atoms with Crippen LogP contribution in [0.2, 0.25) is 5.15 Å². The molecule has 3 rings (SSSR count). The highest BCUT2D eigenvalue weighted by molar-refractivity contribution is 9.10. The molecule has 0 spiro atoms. The Bertz CT molecular complexity index is 1000. The Morgan fingerprint density at radius 2 is 1.88 bits per heavy atom. The number of rotatable bonds is 4. The first-order chi connectivity index (χ1) is 11.4. The standard InChI is InChI=1S/C17H14BrClN2O2S/c1-2-21(16-9-5-7-12-6-3-4-8-14(12)16)24(22,23)13-10-15(18)17(19)20-11-13/h3-11H,2H2,1H3. The van der Waals surface area contributed by atoms with Crippen molar-refractivity contribution in [2.75, 3.05) is 10.8 Å². The van der Waals surface area contributed by atoms with E-state index in [1.165, 1.54) is 16.6 Å². The van der Waals surface area contributed by atoms with Gasteiger partial charge in [0.05, 0.1) is 10.2 Å². The van der Waals surface area contributed by atoms with Crippen LogP contribution in [0.1, 0.15) is 6.92 Å². The van der Waals surface area contributed by atoms with E-state index in [1.807, 2.05) is 42.5 Å². The maximum Gasteiger partial charge on any atom is 0.265 e. The van der Waals surface area contributed by atoms with Gasteiger partial charge in [-0.2, -0.15) is 0 Å². The Kier molecular flexibility index (Phi) is 4.80. The van der Waals surface area contributed by atoms with E-state index in [0.29, 0.717) is 16.7 Å². The summed E-state index contributed by atoms with van der Waals surface area (Å²) in [5.41, 5.74) is 0.640. The third kappa shape index (κ3) is 3.01. The number of halogens is 2. The smallest absolute Gasteiger partial charge is 0.265 e. The summed E-state index contributed by atoms with van der Waals surface area (Å²) in [5, 5.41) is 2.09. The fourth-order valence-electron chi connectivity index (χ4n) is 2.57. The topological polar surface area (TPSA) is 50.3 Å². The van der Waals surface area contributed by atoms with E-state index >= 15 is 0 Å². The van der Waals surface area contributed by atoms with Crippen molar-refractivity contribution in [1.82, 2.24) is 4.98 Å². The van der Waals surface area contributed by atoms with Crippen molar-refractivity contribution in [1.29, 1.82) is 0 Å². The van der Waals surface area contributed by atoms with Crippen molar-refractivity contribution >= 4 is 54.0 Å². The number of pyridine rings is 1. The maximum absolute atomic E-state index is 13.1. The van der Waals surface area contributed by atoms with Crippen molar-refractivity contribution in [3.63, 3.8) is 0 Å². The van der Waals surface area contributed by atoms with Gasteiger partial charge in [0.25, 0.3) is 10.0 Å². The molecule has 1 heterocycles. The molecule has 24 heavy (non-hydrogen) atoms. The molecule has 7 heteroatoms. The highest BCUT2D eigenvalue weighted by Gasteiger charge is 2.26. The maximum atomic E-state index is 13.1. The van der Waals surface area contributed by atoms with E-state index in [4.69, 9.17) is 11.6 Å². The molecule has 0 bridgehead atoms. The quantitative estimate of drug-likeness (QED) is 0.561. The molecule has 0 atom stereocenters. The van der Waals surface area contributed by atoms with Crippen LogP contribution in [-0.2, 0) is 10.0 Å². The molecule has 124 valence electrons. The first-order valence-corrected chi connectivity index (χ1v) is 9.88. The molecule has 0 unspecified atom stereocenters. The highest BCUT2D eigenvalue weighted by Crippen LogP contribution is 2.32. The molecule has 0 fully saturated rings. The van der Waals surface area contributed by atoms with Crippen LogP contribution in [0.15, 0.2) is 64.1 Å². The van der Waals surface area contributed by atoms with Crippen LogP contribution in [0.4, 0.5) is 5.69 Å². The molecule has 0 saturated carbocycles. The normalized spacial score (nSPS) is 11.6. The van der Waals surface area contributed by atoms with Crippen LogP contribution in [-0.4, -0.2) is 19.9 Å². The van der Waals surface area contributed by atoms with Gasteiger partial charge in [0.1, 0.15) is 10.0 Å². The van der Waals surface area contributed by atoms with Crippen LogP contribution < -0.4 is 4.31 Å². The molecule has 0 radical (unpaired) electrons. The predicted octanol–water partition coefficient (Wildman–Crippen LogP) is 4.87. The van der Waals surface area contributed by atoms with Gasteiger partial charge in [-0.3, -0.25) is 4.31 Å². The van der Waals surface area contributed by atoms with Gasteiger partial charge < -0.3 is 0 Å². The second-order valence-electron chi connectivity index (χ2n) is 5.11. The summed E-state index contributed by atoms with van der Waals surface area (Å²) in [6, 6.07) is 14.8. The number of aromatic nitrogens is 1. The Labute approximate surface area is 154 Å². The van der Waals surface area contributed by atoms with Crippen LogP contribution in [0.3, 0.4) is 0 Å². The highest BCUT2D eigenvalue weighted by atomic mass is 79.9. The van der Waals surface area contributed by atoms with Crippen LogP contribution >= 0.6 is 27.5 Å². The molecule has 0 amide bonds. The zero-order valence-corrected chi connectivity index (χ0v) is 15.9. The molecule has 0 saturated heterocycles.